The van der Waals surface area contributed by atoms with E-state index >= 15 is 0 Å². The second-order valence-electron chi connectivity index (χ2n) is 11.0. The standard InChI is InChI=1S/C8H16N2O4.2C6H13NO2.C5H11NO2.C3H7NO3/c1-4(2)6(10)8(13)14-7(12)5(9)3-11;2*1-3-4(2)5(7)6(8)9;1-3(2)4(6)5(7)8;4-2(1-5)3(6)7/h4-6,11H,3,9-10H2,1-2H3;2*4-5H,3,7H2,1-2H3,(H,8,9);3-4H,6H2,1-2H3,(H,7,8);2,5H,1,4H2,(H,6,7)/t5-,6+;2*4-,5-;4-;/m0100./s1. The molecule has 1 unspecified atom stereocenters. The Kier molecular flexibility index (Phi) is 34.0. The first-order valence-corrected chi connectivity index (χ1v) is 14.7. The first kappa shape index (κ1) is 53.2. The molecule has 0 rings (SSSR count). The quantitative estimate of drug-likeness (QED) is 0.0673. The average Bonchev–Trinajstić information content (AvgIpc) is 3.01. The van der Waals surface area contributed by atoms with Crippen molar-refractivity contribution in [3.8, 4) is 0 Å². The molecule has 0 fully saturated rings. The lowest BCUT2D eigenvalue weighted by atomic mass is 10.0. The Labute approximate surface area is 276 Å². The third-order valence-corrected chi connectivity index (χ3v) is 6.29. The van der Waals surface area contributed by atoms with E-state index in [1.54, 1.807) is 27.7 Å². The zero-order valence-corrected chi connectivity index (χ0v) is 28.6. The number of hydrogen-bond acceptors (Lipinski definition) is 15. The van der Waals surface area contributed by atoms with Crippen LogP contribution in [0.15, 0.2) is 0 Å². The minimum absolute atomic E-state index is 0.0208. The van der Waals surface area contributed by atoms with Crippen molar-refractivity contribution in [2.45, 2.75) is 104 Å². The summed E-state index contributed by atoms with van der Waals surface area (Å²) in [6.07, 6.45) is 1.63. The Balaban J connectivity index is -0.000000160. The van der Waals surface area contributed by atoms with Gasteiger partial charge in [-0.1, -0.05) is 68.2 Å². The van der Waals surface area contributed by atoms with Crippen LogP contribution in [0.25, 0.3) is 0 Å². The van der Waals surface area contributed by atoms with E-state index < -0.39 is 85.3 Å². The molecule has 0 aliphatic heterocycles. The van der Waals surface area contributed by atoms with E-state index in [1.807, 2.05) is 27.7 Å². The van der Waals surface area contributed by atoms with Gasteiger partial charge in [-0.3, -0.25) is 19.2 Å². The lowest BCUT2D eigenvalue weighted by Gasteiger charge is -2.14. The van der Waals surface area contributed by atoms with Crippen molar-refractivity contribution in [3.05, 3.63) is 0 Å². The van der Waals surface area contributed by atoms with E-state index in [0.717, 1.165) is 12.8 Å². The first-order valence-electron chi connectivity index (χ1n) is 14.7. The Morgan fingerprint density at radius 2 is 0.787 bits per heavy atom. The van der Waals surface area contributed by atoms with E-state index in [9.17, 15) is 28.8 Å². The van der Waals surface area contributed by atoms with Crippen molar-refractivity contribution in [1.82, 2.24) is 0 Å². The maximum atomic E-state index is 11.1. The number of aliphatic carboxylic acids is 4. The Hall–Kier alpha value is -3.30. The van der Waals surface area contributed by atoms with Gasteiger partial charge in [-0.25, -0.2) is 9.59 Å². The van der Waals surface area contributed by atoms with E-state index in [0.29, 0.717) is 0 Å². The van der Waals surface area contributed by atoms with Crippen LogP contribution in [0.5, 0.6) is 0 Å². The Bertz CT molecular complexity index is 882. The number of aliphatic hydroxyl groups excluding tert-OH is 2. The SMILES string of the molecule is CC(C)[C@@H](N)C(=O)OC(=O)[C@@H](N)CO.CC(C)[C@H](N)C(=O)O.CC[C@@H](C)[C@@H](N)C(=O)O.CC[C@H](C)[C@H](N)C(=O)O.NC(CO)C(=O)O. The fraction of sp³-hybridized carbons (Fsp3) is 0.786. The molecule has 0 aromatic rings. The molecule has 0 bridgehead atoms. The maximum absolute atomic E-state index is 11.1. The van der Waals surface area contributed by atoms with Crippen LogP contribution in [0.3, 0.4) is 0 Å². The number of carboxylic acids is 4. The van der Waals surface area contributed by atoms with Gasteiger partial charge in [0.05, 0.1) is 13.2 Å². The summed E-state index contributed by atoms with van der Waals surface area (Å²) >= 11 is 0. The van der Waals surface area contributed by atoms with E-state index in [2.05, 4.69) is 4.74 Å². The molecule has 0 heterocycles. The Morgan fingerprint density at radius 1 is 0.489 bits per heavy atom. The van der Waals surface area contributed by atoms with Gasteiger partial charge in [0.25, 0.3) is 0 Å². The molecule has 0 amide bonds. The third-order valence-electron chi connectivity index (χ3n) is 6.29. The highest BCUT2D eigenvalue weighted by Gasteiger charge is 2.24. The molecule has 0 aromatic carbocycles. The van der Waals surface area contributed by atoms with Gasteiger partial charge >= 0.3 is 35.8 Å². The van der Waals surface area contributed by atoms with Gasteiger partial charge in [0, 0.05) is 0 Å². The topological polar surface area (TPSA) is 389 Å². The molecule has 0 saturated carbocycles. The zero-order chi connectivity index (χ0) is 38.8. The molecular formula is C28H60N6O13. The predicted molar refractivity (Wildman–Crippen MR) is 172 cm³/mol. The van der Waals surface area contributed by atoms with Gasteiger partial charge in [0.15, 0.2) is 0 Å². The molecule has 18 N–H and O–H groups in total. The second-order valence-corrected chi connectivity index (χ2v) is 11.0. The highest BCUT2D eigenvalue weighted by molar-refractivity contribution is 5.90. The van der Waals surface area contributed by atoms with E-state index in [4.69, 9.17) is 65.0 Å². The maximum Gasteiger partial charge on any atom is 0.332 e. The third kappa shape index (κ3) is 29.8. The number of carbonyl (C=O) groups excluding carboxylic acids is 2. The number of carbonyl (C=O) groups is 6. The molecule has 0 aromatic heterocycles. The van der Waals surface area contributed by atoms with Gasteiger partial charge in [0.1, 0.15) is 36.3 Å². The number of rotatable bonds is 14. The summed E-state index contributed by atoms with van der Waals surface area (Å²) in [5.74, 6) is -5.68. The lowest BCUT2D eigenvalue weighted by molar-refractivity contribution is -0.162. The van der Waals surface area contributed by atoms with Crippen LogP contribution in [0, 0.1) is 23.7 Å². The van der Waals surface area contributed by atoms with Crippen LogP contribution in [-0.4, -0.2) is 116 Å². The molecule has 0 saturated heterocycles. The van der Waals surface area contributed by atoms with Crippen molar-refractivity contribution < 1.29 is 64.1 Å². The smallest absolute Gasteiger partial charge is 0.332 e. The summed E-state index contributed by atoms with van der Waals surface area (Å²) in [4.78, 5) is 62.0. The van der Waals surface area contributed by atoms with Crippen molar-refractivity contribution in [2.24, 2.45) is 58.1 Å². The first-order chi connectivity index (χ1) is 21.3. The summed E-state index contributed by atoms with van der Waals surface area (Å²) in [5.41, 5.74) is 31.0. The highest BCUT2D eigenvalue weighted by atomic mass is 16.6. The molecule has 0 spiro atoms. The largest absolute Gasteiger partial charge is 0.480 e. The van der Waals surface area contributed by atoms with Crippen molar-refractivity contribution in [2.75, 3.05) is 13.2 Å². The van der Waals surface area contributed by atoms with Crippen LogP contribution in [-0.2, 0) is 33.5 Å². The van der Waals surface area contributed by atoms with Gasteiger partial charge < -0.3 is 69.8 Å². The van der Waals surface area contributed by atoms with Gasteiger partial charge in [-0.2, -0.15) is 0 Å². The summed E-state index contributed by atoms with van der Waals surface area (Å²) < 4.78 is 4.34. The summed E-state index contributed by atoms with van der Waals surface area (Å²) in [6.45, 7) is 13.4. The van der Waals surface area contributed by atoms with Crippen molar-refractivity contribution in [3.63, 3.8) is 0 Å². The van der Waals surface area contributed by atoms with Crippen molar-refractivity contribution >= 4 is 35.8 Å². The molecule has 19 heteroatoms. The molecule has 0 radical (unpaired) electrons. The molecule has 8 atom stereocenters. The number of esters is 2. The monoisotopic (exact) mass is 688 g/mol. The number of aliphatic hydroxyl groups is 2. The molecular weight excluding hydrogens is 628 g/mol. The number of hydrogen-bond donors (Lipinski definition) is 12. The fourth-order valence-corrected chi connectivity index (χ4v) is 1.95. The minimum Gasteiger partial charge on any atom is -0.480 e. The highest BCUT2D eigenvalue weighted by Crippen LogP contribution is 2.05. The van der Waals surface area contributed by atoms with Gasteiger partial charge in [0.2, 0.25) is 0 Å². The minimum atomic E-state index is -1.20. The number of nitrogens with two attached hydrogens (primary N) is 6. The van der Waals surface area contributed by atoms with Crippen molar-refractivity contribution in [1.29, 1.82) is 0 Å². The van der Waals surface area contributed by atoms with Crippen LogP contribution in [0.2, 0.25) is 0 Å². The molecule has 0 aliphatic rings. The van der Waals surface area contributed by atoms with E-state index in [1.165, 1.54) is 0 Å². The van der Waals surface area contributed by atoms with Crippen LogP contribution in [0.1, 0.15) is 68.2 Å². The predicted octanol–water partition coefficient (Wildman–Crippen LogP) is -2.31. The van der Waals surface area contributed by atoms with Crippen LogP contribution in [0.4, 0.5) is 0 Å². The molecule has 19 nitrogen and oxygen atoms in total. The number of carboxylic acid groups (broad SMARTS) is 4. The summed E-state index contributed by atoms with van der Waals surface area (Å²) in [7, 11) is 0. The van der Waals surface area contributed by atoms with Crippen LogP contribution < -0.4 is 34.4 Å². The van der Waals surface area contributed by atoms with Crippen LogP contribution >= 0.6 is 0 Å². The second kappa shape index (κ2) is 30.1. The van der Waals surface area contributed by atoms with Gasteiger partial charge in [-0.05, 0) is 23.7 Å². The average molecular weight is 689 g/mol. The number of ether oxygens (including phenoxy) is 1. The summed E-state index contributed by atoms with van der Waals surface area (Å²) in [6, 6.07) is -5.29. The van der Waals surface area contributed by atoms with E-state index in [-0.39, 0.29) is 23.7 Å². The normalized spacial score (nSPS) is 15.3. The fourth-order valence-electron chi connectivity index (χ4n) is 1.95. The molecule has 0 aliphatic carbocycles. The molecule has 280 valence electrons. The summed E-state index contributed by atoms with van der Waals surface area (Å²) in [5, 5.41) is 49.3. The van der Waals surface area contributed by atoms with Gasteiger partial charge in [-0.15, -0.1) is 0 Å². The molecule has 47 heavy (non-hydrogen) atoms. The zero-order valence-electron chi connectivity index (χ0n) is 28.6. The Morgan fingerprint density at radius 3 is 0.915 bits per heavy atom. The lowest BCUT2D eigenvalue weighted by Crippen LogP contribution is -2.43.